The van der Waals surface area contributed by atoms with Crippen LogP contribution in [0.5, 0.6) is 0 Å². The lowest BCUT2D eigenvalue weighted by molar-refractivity contribution is 0.102. The molecule has 1 aliphatic rings. The van der Waals surface area contributed by atoms with Crippen LogP contribution < -0.4 is 10.0 Å². The summed E-state index contributed by atoms with van der Waals surface area (Å²) in [6, 6.07) is 11.3. The Morgan fingerprint density at radius 3 is 2.57 bits per heavy atom. The van der Waals surface area contributed by atoms with Gasteiger partial charge in [-0.1, -0.05) is 35.3 Å². The summed E-state index contributed by atoms with van der Waals surface area (Å²) in [5.41, 5.74) is 1.22. The van der Waals surface area contributed by atoms with Gasteiger partial charge in [-0.05, 0) is 48.7 Å². The third-order valence-electron chi connectivity index (χ3n) is 4.50. The van der Waals surface area contributed by atoms with Gasteiger partial charge in [-0.15, -0.1) is 11.3 Å². The molecule has 0 spiro atoms. The molecule has 1 fully saturated rings. The summed E-state index contributed by atoms with van der Waals surface area (Å²) < 4.78 is 27.0. The minimum absolute atomic E-state index is 0.0267. The van der Waals surface area contributed by atoms with Crippen molar-refractivity contribution in [3.8, 4) is 0 Å². The van der Waals surface area contributed by atoms with Crippen molar-refractivity contribution < 1.29 is 13.2 Å². The van der Waals surface area contributed by atoms with Gasteiger partial charge in [0.05, 0.1) is 14.9 Å². The molecule has 6 nitrogen and oxygen atoms in total. The molecule has 0 bridgehead atoms. The van der Waals surface area contributed by atoms with Crippen LogP contribution in [-0.2, 0) is 16.4 Å². The Morgan fingerprint density at radius 2 is 1.87 bits per heavy atom. The lowest BCUT2D eigenvalue weighted by atomic mass is 10.1. The molecule has 0 atom stereocenters. The number of carbonyl (C=O) groups excluding carboxylic acids is 1. The first-order valence-corrected chi connectivity index (χ1v) is 12.2. The largest absolute Gasteiger partial charge is 0.298 e. The van der Waals surface area contributed by atoms with Gasteiger partial charge in [0.2, 0.25) is 10.0 Å². The van der Waals surface area contributed by atoms with Crippen LogP contribution in [0.4, 0.5) is 5.13 Å². The summed E-state index contributed by atoms with van der Waals surface area (Å²) in [6.07, 6.45) is 3.95. The minimum atomic E-state index is -3.54. The van der Waals surface area contributed by atoms with Gasteiger partial charge in [-0.25, -0.2) is 18.1 Å². The molecule has 0 saturated heterocycles. The van der Waals surface area contributed by atoms with Gasteiger partial charge in [-0.2, -0.15) is 0 Å². The number of anilines is 1. The first kappa shape index (κ1) is 21.3. The number of halogens is 2. The summed E-state index contributed by atoms with van der Waals surface area (Å²) in [5.74, 6) is -0.365. The van der Waals surface area contributed by atoms with Crippen molar-refractivity contribution >= 4 is 55.6 Å². The summed E-state index contributed by atoms with van der Waals surface area (Å²) in [4.78, 5) is 17.8. The maximum Gasteiger partial charge on any atom is 0.257 e. The fourth-order valence-electron chi connectivity index (χ4n) is 2.76. The van der Waals surface area contributed by atoms with Gasteiger partial charge in [-0.3, -0.25) is 10.1 Å². The summed E-state index contributed by atoms with van der Waals surface area (Å²) in [7, 11) is -3.54. The number of amides is 1. The lowest BCUT2D eigenvalue weighted by Crippen LogP contribution is -2.25. The number of nitrogens with zero attached hydrogens (tertiary/aromatic N) is 1. The maximum atomic E-state index is 12.5. The van der Waals surface area contributed by atoms with E-state index in [1.807, 2.05) is 12.1 Å². The topological polar surface area (TPSA) is 88.2 Å². The molecule has 2 aromatic carbocycles. The first-order valence-electron chi connectivity index (χ1n) is 9.13. The molecular formula is C20H17Cl2N3O3S2. The Labute approximate surface area is 188 Å². The Hall–Kier alpha value is -1.97. The smallest absolute Gasteiger partial charge is 0.257 e. The standard InChI is InChI=1S/C20H17Cl2N3O3S2/c21-17-3-1-2-13(18(17)22)10-15-11-23-20(29-15)24-19(26)12-4-8-16(9-5-12)30(27,28)25-14-6-7-14/h1-5,8-9,11,14,25H,6-7,10H2,(H,23,24,26). The second-order valence-electron chi connectivity index (χ2n) is 6.90. The molecule has 4 rings (SSSR count). The van der Waals surface area contributed by atoms with Gasteiger partial charge in [0.15, 0.2) is 5.13 Å². The van der Waals surface area contributed by atoms with Crippen molar-refractivity contribution in [2.24, 2.45) is 0 Å². The van der Waals surface area contributed by atoms with Crippen LogP contribution in [-0.4, -0.2) is 25.4 Å². The van der Waals surface area contributed by atoms with E-state index < -0.39 is 10.0 Å². The number of rotatable bonds is 7. The maximum absolute atomic E-state index is 12.5. The highest BCUT2D eigenvalue weighted by Crippen LogP contribution is 2.29. The van der Waals surface area contributed by atoms with Crippen LogP contribution in [0.15, 0.2) is 53.6 Å². The van der Waals surface area contributed by atoms with Gasteiger partial charge in [0, 0.05) is 29.1 Å². The van der Waals surface area contributed by atoms with Crippen molar-refractivity contribution in [2.45, 2.75) is 30.2 Å². The zero-order valence-electron chi connectivity index (χ0n) is 15.6. The van der Waals surface area contributed by atoms with Crippen molar-refractivity contribution in [1.29, 1.82) is 0 Å². The monoisotopic (exact) mass is 481 g/mol. The highest BCUT2D eigenvalue weighted by atomic mass is 35.5. The number of hydrogen-bond donors (Lipinski definition) is 2. The molecule has 1 heterocycles. The summed E-state index contributed by atoms with van der Waals surface area (Å²) >= 11 is 13.6. The fourth-order valence-corrected chi connectivity index (χ4v) is 5.29. The predicted octanol–water partition coefficient (Wildman–Crippen LogP) is 4.73. The Bertz CT molecular complexity index is 1190. The van der Waals surface area contributed by atoms with E-state index in [4.69, 9.17) is 23.2 Å². The zero-order valence-corrected chi connectivity index (χ0v) is 18.7. The molecular weight excluding hydrogens is 465 g/mol. The third kappa shape index (κ3) is 5.01. The molecule has 0 unspecified atom stereocenters. The van der Waals surface area contributed by atoms with E-state index in [-0.39, 0.29) is 16.8 Å². The van der Waals surface area contributed by atoms with E-state index in [9.17, 15) is 13.2 Å². The summed E-state index contributed by atoms with van der Waals surface area (Å²) in [6.45, 7) is 0. The molecule has 30 heavy (non-hydrogen) atoms. The van der Waals surface area contributed by atoms with E-state index in [0.29, 0.717) is 27.2 Å². The molecule has 1 amide bonds. The first-order chi connectivity index (χ1) is 14.3. The number of benzene rings is 2. The summed E-state index contributed by atoms with van der Waals surface area (Å²) in [5, 5.41) is 4.17. The highest BCUT2D eigenvalue weighted by Gasteiger charge is 2.28. The molecule has 1 aliphatic carbocycles. The average molecular weight is 482 g/mol. The molecule has 3 aromatic rings. The normalized spacial score (nSPS) is 13.9. The number of nitrogens with one attached hydrogen (secondary N) is 2. The predicted molar refractivity (Wildman–Crippen MR) is 119 cm³/mol. The quantitative estimate of drug-likeness (QED) is 0.510. The average Bonchev–Trinajstić information content (AvgIpc) is 3.41. The van der Waals surface area contributed by atoms with E-state index >= 15 is 0 Å². The number of carbonyl (C=O) groups is 1. The van der Waals surface area contributed by atoms with Gasteiger partial charge in [0.25, 0.3) is 5.91 Å². The molecule has 2 N–H and O–H groups in total. The van der Waals surface area contributed by atoms with Crippen LogP contribution in [0.1, 0.15) is 33.6 Å². The van der Waals surface area contributed by atoms with Gasteiger partial charge >= 0.3 is 0 Å². The Kier molecular flexibility index (Phi) is 6.13. The molecule has 10 heteroatoms. The van der Waals surface area contributed by atoms with Crippen molar-refractivity contribution in [3.05, 3.63) is 74.7 Å². The van der Waals surface area contributed by atoms with E-state index in [1.54, 1.807) is 12.3 Å². The Balaban J connectivity index is 1.41. The Morgan fingerprint density at radius 1 is 1.13 bits per heavy atom. The molecule has 1 aromatic heterocycles. The number of aromatic nitrogens is 1. The van der Waals surface area contributed by atoms with Crippen molar-refractivity contribution in [3.63, 3.8) is 0 Å². The van der Waals surface area contributed by atoms with Gasteiger partial charge < -0.3 is 0 Å². The van der Waals surface area contributed by atoms with Crippen molar-refractivity contribution in [1.82, 2.24) is 9.71 Å². The molecule has 156 valence electrons. The van der Waals surface area contributed by atoms with Crippen LogP contribution >= 0.6 is 34.5 Å². The second-order valence-corrected chi connectivity index (χ2v) is 10.5. The van der Waals surface area contributed by atoms with Crippen molar-refractivity contribution in [2.75, 3.05) is 5.32 Å². The van der Waals surface area contributed by atoms with Crippen LogP contribution in [0.25, 0.3) is 0 Å². The zero-order chi connectivity index (χ0) is 21.3. The molecule has 0 aliphatic heterocycles. The highest BCUT2D eigenvalue weighted by molar-refractivity contribution is 7.89. The van der Waals surface area contributed by atoms with E-state index in [0.717, 1.165) is 23.3 Å². The van der Waals surface area contributed by atoms with Crippen LogP contribution in [0, 0.1) is 0 Å². The molecule has 0 radical (unpaired) electrons. The number of thiazole rings is 1. The number of hydrogen-bond acceptors (Lipinski definition) is 5. The lowest BCUT2D eigenvalue weighted by Gasteiger charge is -2.06. The molecule has 1 saturated carbocycles. The number of sulfonamides is 1. The van der Waals surface area contributed by atoms with Gasteiger partial charge in [0.1, 0.15) is 0 Å². The fraction of sp³-hybridized carbons (Fsp3) is 0.200. The SMILES string of the molecule is O=C(Nc1ncc(Cc2cccc(Cl)c2Cl)s1)c1ccc(S(=O)(=O)NC2CC2)cc1. The van der Waals surface area contributed by atoms with Crippen LogP contribution in [0.3, 0.4) is 0 Å². The van der Waals surface area contributed by atoms with E-state index in [2.05, 4.69) is 15.0 Å². The third-order valence-corrected chi connectivity index (χ3v) is 7.80. The van der Waals surface area contributed by atoms with E-state index in [1.165, 1.54) is 35.6 Å². The minimum Gasteiger partial charge on any atom is -0.298 e. The second kappa shape index (κ2) is 8.64. The van der Waals surface area contributed by atoms with Crippen LogP contribution in [0.2, 0.25) is 10.0 Å².